The third kappa shape index (κ3) is 4.54. The second kappa shape index (κ2) is 6.70. The second-order valence-electron chi connectivity index (χ2n) is 2.82. The lowest BCUT2D eigenvalue weighted by atomic mass is 10.6. The number of hydrogen-bond donors (Lipinski definition) is 0. The van der Waals surface area contributed by atoms with Gasteiger partial charge in [0.25, 0.3) is 0 Å². The normalized spacial score (nSPS) is 13.7. The van der Waals surface area contributed by atoms with Crippen molar-refractivity contribution < 1.29 is 13.8 Å². The summed E-state index contributed by atoms with van der Waals surface area (Å²) in [4.78, 5) is 0. The topological polar surface area (TPSA) is 43.1 Å². The Morgan fingerprint density at radius 3 is 2.53 bits per heavy atom. The molecule has 1 rings (SSSR count). The molecule has 0 aliphatic carbocycles. The Morgan fingerprint density at radius 1 is 1.53 bits per heavy atom. The van der Waals surface area contributed by atoms with E-state index in [4.69, 9.17) is 4.52 Å². The third-order valence-corrected chi connectivity index (χ3v) is 3.63. The molecule has 0 N–H and O–H groups in total. The van der Waals surface area contributed by atoms with Gasteiger partial charge in [0.05, 0.1) is 11.9 Å². The molecule has 0 aliphatic rings. The van der Waals surface area contributed by atoms with Crippen LogP contribution in [0.15, 0.2) is 18.5 Å². The summed E-state index contributed by atoms with van der Waals surface area (Å²) < 4.78 is 18.7. The van der Waals surface area contributed by atoms with E-state index in [1.807, 2.05) is 27.8 Å². The van der Waals surface area contributed by atoms with Crippen LogP contribution in [0.1, 0.15) is 20.8 Å². The molecule has 86 valence electrons. The lowest BCUT2D eigenvalue weighted by Crippen LogP contribution is -2.33. The summed E-state index contributed by atoms with van der Waals surface area (Å²) >= 11 is 0. The molecule has 15 heavy (non-hydrogen) atoms. The third-order valence-electron chi connectivity index (χ3n) is 1.68. The Kier molecular flexibility index (Phi) is 6.37. The summed E-state index contributed by atoms with van der Waals surface area (Å²) in [5, 5.41) is 4.65. The molecule has 0 saturated carbocycles. The zero-order valence-corrected chi connectivity index (χ0v) is 11.0. The minimum atomic E-state index is -2.64. The van der Waals surface area contributed by atoms with Gasteiger partial charge in [-0.1, -0.05) is 18.5 Å². The molecular formula is C10H20N2O2P+. The van der Waals surface area contributed by atoms with Gasteiger partial charge in [0, 0.05) is 12.7 Å². The van der Waals surface area contributed by atoms with Crippen molar-refractivity contribution in [2.24, 2.45) is 7.05 Å². The second-order valence-corrected chi connectivity index (χ2v) is 5.29. The van der Waals surface area contributed by atoms with Crippen LogP contribution >= 0.6 is 7.37 Å². The van der Waals surface area contributed by atoms with E-state index in [2.05, 4.69) is 5.10 Å². The van der Waals surface area contributed by atoms with Crippen LogP contribution in [-0.2, 0) is 16.1 Å². The van der Waals surface area contributed by atoms with Crippen molar-refractivity contribution in [3.8, 4) is 0 Å². The summed E-state index contributed by atoms with van der Waals surface area (Å²) in [6.45, 7) is 7.88. The lowest BCUT2D eigenvalue weighted by Gasteiger charge is -2.10. The van der Waals surface area contributed by atoms with Crippen LogP contribution in [-0.4, -0.2) is 18.4 Å². The van der Waals surface area contributed by atoms with Crippen molar-refractivity contribution in [3.63, 3.8) is 0 Å². The highest BCUT2D eigenvalue weighted by Gasteiger charge is 2.19. The standard InChI is InChI=1S/C8H14N2O2P.C2H6/c1-4-12-13(3,11)8-5-6-10(2)9-7-8;1-2/h5-7H,4H2,1-3H3;1-2H3/q+1;. The Balaban J connectivity index is 0.000000921. The minimum absolute atomic E-state index is 0.453. The summed E-state index contributed by atoms with van der Waals surface area (Å²) in [6, 6.07) is 1.77. The summed E-state index contributed by atoms with van der Waals surface area (Å²) in [6.07, 6.45) is 3.33. The maximum absolute atomic E-state index is 11.9. The van der Waals surface area contributed by atoms with Gasteiger partial charge in [-0.25, -0.2) is 0 Å². The average molecular weight is 231 g/mol. The van der Waals surface area contributed by atoms with E-state index in [-0.39, 0.29) is 0 Å². The number of hydrogen-bond acceptors (Lipinski definition) is 3. The van der Waals surface area contributed by atoms with E-state index in [1.165, 1.54) is 0 Å². The number of aromatic nitrogens is 2. The SMILES string of the molecule is CC.CCOP(C)(=O)c1cc[n+](C)nc1. The molecule has 1 heterocycles. The molecule has 0 spiro atoms. The highest BCUT2D eigenvalue weighted by molar-refractivity contribution is 7.66. The van der Waals surface area contributed by atoms with Gasteiger partial charge in [-0.2, -0.15) is 0 Å². The fraction of sp³-hybridized carbons (Fsp3) is 0.600. The lowest BCUT2D eigenvalue weighted by molar-refractivity contribution is -0.730. The van der Waals surface area contributed by atoms with Crippen molar-refractivity contribution in [1.82, 2.24) is 5.10 Å². The first kappa shape index (κ1) is 14.3. The molecule has 0 radical (unpaired) electrons. The first-order valence-corrected chi connectivity index (χ1v) is 7.18. The van der Waals surface area contributed by atoms with Gasteiger partial charge in [0.1, 0.15) is 6.20 Å². The van der Waals surface area contributed by atoms with Crippen LogP contribution in [0.2, 0.25) is 0 Å². The Labute approximate surface area is 91.7 Å². The predicted molar refractivity (Wildman–Crippen MR) is 61.6 cm³/mol. The number of nitrogens with zero attached hydrogens (tertiary/aromatic N) is 2. The Hall–Kier alpha value is -0.730. The van der Waals surface area contributed by atoms with Crippen molar-refractivity contribution in [2.75, 3.05) is 13.3 Å². The van der Waals surface area contributed by atoms with Crippen LogP contribution in [0.25, 0.3) is 0 Å². The average Bonchev–Trinajstić information content (AvgIpc) is 2.21. The number of aryl methyl sites for hydroxylation is 1. The van der Waals surface area contributed by atoms with Crippen molar-refractivity contribution in [1.29, 1.82) is 0 Å². The van der Waals surface area contributed by atoms with Crippen LogP contribution in [0.3, 0.4) is 0 Å². The zero-order chi connectivity index (χ0) is 11.9. The molecule has 0 aliphatic heterocycles. The first-order chi connectivity index (χ1) is 7.06. The highest BCUT2D eigenvalue weighted by Crippen LogP contribution is 2.40. The van der Waals surface area contributed by atoms with E-state index in [0.717, 1.165) is 0 Å². The summed E-state index contributed by atoms with van der Waals surface area (Å²) in [5.74, 6) is 0. The Bertz CT molecular complexity index is 325. The molecule has 0 fully saturated rings. The number of rotatable bonds is 3. The minimum Gasteiger partial charge on any atom is -0.326 e. The molecular weight excluding hydrogens is 211 g/mol. The van der Waals surface area contributed by atoms with Gasteiger partial charge in [-0.3, -0.25) is 4.57 Å². The molecule has 0 aromatic carbocycles. The van der Waals surface area contributed by atoms with Gasteiger partial charge in [0.2, 0.25) is 7.37 Å². The van der Waals surface area contributed by atoms with Crippen molar-refractivity contribution >= 4 is 12.7 Å². The van der Waals surface area contributed by atoms with Crippen LogP contribution in [0.5, 0.6) is 0 Å². The maximum atomic E-state index is 11.9. The predicted octanol–water partition coefficient (Wildman–Crippen LogP) is 1.50. The highest BCUT2D eigenvalue weighted by atomic mass is 31.2. The van der Waals surface area contributed by atoms with Gasteiger partial charge in [-0.15, -0.1) is 0 Å². The molecule has 1 atom stereocenters. The van der Waals surface area contributed by atoms with Crippen molar-refractivity contribution in [2.45, 2.75) is 20.8 Å². The van der Waals surface area contributed by atoms with E-state index in [9.17, 15) is 4.57 Å². The first-order valence-electron chi connectivity index (χ1n) is 5.11. The van der Waals surface area contributed by atoms with Gasteiger partial charge in [0.15, 0.2) is 13.2 Å². The molecule has 0 amide bonds. The van der Waals surface area contributed by atoms with Gasteiger partial charge >= 0.3 is 0 Å². The van der Waals surface area contributed by atoms with Gasteiger partial charge in [-0.05, 0) is 12.0 Å². The largest absolute Gasteiger partial charge is 0.326 e. The van der Waals surface area contributed by atoms with Crippen molar-refractivity contribution in [3.05, 3.63) is 18.5 Å². The van der Waals surface area contributed by atoms with E-state index in [1.54, 1.807) is 29.8 Å². The quantitative estimate of drug-likeness (QED) is 0.585. The molecule has 1 aromatic rings. The Morgan fingerprint density at radius 2 is 2.13 bits per heavy atom. The molecule has 5 heteroatoms. The van der Waals surface area contributed by atoms with E-state index < -0.39 is 7.37 Å². The monoisotopic (exact) mass is 231 g/mol. The summed E-state index contributed by atoms with van der Waals surface area (Å²) in [7, 11) is -0.830. The molecule has 1 unspecified atom stereocenters. The van der Waals surface area contributed by atoms with E-state index in [0.29, 0.717) is 11.9 Å². The fourth-order valence-corrected chi connectivity index (χ4v) is 2.22. The molecule has 1 aromatic heterocycles. The van der Waals surface area contributed by atoms with Crippen LogP contribution in [0, 0.1) is 0 Å². The molecule has 0 saturated heterocycles. The fourth-order valence-electron chi connectivity index (χ4n) is 0.977. The molecule has 4 nitrogen and oxygen atoms in total. The van der Waals surface area contributed by atoms with E-state index >= 15 is 0 Å². The smallest absolute Gasteiger partial charge is 0.231 e. The van der Waals surface area contributed by atoms with Crippen LogP contribution in [0.4, 0.5) is 0 Å². The summed E-state index contributed by atoms with van der Waals surface area (Å²) in [5.41, 5.74) is 0. The molecule has 0 bridgehead atoms. The zero-order valence-electron chi connectivity index (χ0n) is 10.1. The van der Waals surface area contributed by atoms with Gasteiger partial charge < -0.3 is 4.52 Å². The van der Waals surface area contributed by atoms with Crippen LogP contribution < -0.4 is 9.99 Å². The maximum Gasteiger partial charge on any atom is 0.231 e.